The van der Waals surface area contributed by atoms with Crippen molar-refractivity contribution in [1.82, 2.24) is 0 Å². The quantitative estimate of drug-likeness (QED) is 0.863. The first-order chi connectivity index (χ1) is 9.52. The number of nitrogens with one attached hydrogen (secondary N) is 1. The number of halogens is 2. The highest BCUT2D eigenvalue weighted by Gasteiger charge is 2.20. The van der Waals surface area contributed by atoms with Gasteiger partial charge in [0, 0.05) is 6.42 Å². The number of ketones is 1. The average molecular weight is 312 g/mol. The Morgan fingerprint density at radius 2 is 2.00 bits per heavy atom. The SMILES string of the molecule is CCC(=O)Nc1sc(Cl)cc1C(=O)c1ccccc1F. The fraction of sp³-hybridized carbons (Fsp3) is 0.143. The zero-order valence-corrected chi connectivity index (χ0v) is 12.1. The van der Waals surface area contributed by atoms with Crippen LogP contribution in [0.2, 0.25) is 4.34 Å². The van der Waals surface area contributed by atoms with E-state index in [1.807, 2.05) is 0 Å². The molecule has 0 aliphatic carbocycles. The van der Waals surface area contributed by atoms with Crippen LogP contribution < -0.4 is 5.32 Å². The summed E-state index contributed by atoms with van der Waals surface area (Å²) in [6, 6.07) is 7.13. The van der Waals surface area contributed by atoms with Gasteiger partial charge in [0.05, 0.1) is 15.5 Å². The van der Waals surface area contributed by atoms with Gasteiger partial charge in [-0.1, -0.05) is 30.7 Å². The van der Waals surface area contributed by atoms with Crippen molar-refractivity contribution in [3.05, 3.63) is 51.6 Å². The molecule has 0 atom stereocenters. The number of anilines is 1. The van der Waals surface area contributed by atoms with Crippen molar-refractivity contribution in [2.45, 2.75) is 13.3 Å². The molecule has 0 saturated carbocycles. The van der Waals surface area contributed by atoms with Gasteiger partial charge in [-0.15, -0.1) is 11.3 Å². The minimum Gasteiger partial charge on any atom is -0.317 e. The number of benzene rings is 1. The lowest BCUT2D eigenvalue weighted by atomic mass is 10.1. The van der Waals surface area contributed by atoms with Gasteiger partial charge in [0.2, 0.25) is 5.91 Å². The molecule has 0 unspecified atom stereocenters. The molecular weight excluding hydrogens is 301 g/mol. The van der Waals surface area contributed by atoms with Crippen LogP contribution in [0.15, 0.2) is 30.3 Å². The van der Waals surface area contributed by atoms with E-state index in [4.69, 9.17) is 11.6 Å². The minimum atomic E-state index is -0.604. The molecule has 1 amide bonds. The van der Waals surface area contributed by atoms with Gasteiger partial charge in [-0.05, 0) is 18.2 Å². The Morgan fingerprint density at radius 3 is 2.65 bits per heavy atom. The van der Waals surface area contributed by atoms with Crippen molar-refractivity contribution in [3.63, 3.8) is 0 Å². The van der Waals surface area contributed by atoms with E-state index in [1.54, 1.807) is 13.0 Å². The predicted molar refractivity (Wildman–Crippen MR) is 78.1 cm³/mol. The Hall–Kier alpha value is -1.72. The molecule has 2 rings (SSSR count). The molecule has 0 saturated heterocycles. The van der Waals surface area contributed by atoms with Crippen molar-refractivity contribution in [2.75, 3.05) is 5.32 Å². The van der Waals surface area contributed by atoms with E-state index >= 15 is 0 Å². The molecule has 0 radical (unpaired) electrons. The molecule has 0 aliphatic heterocycles. The normalized spacial score (nSPS) is 10.3. The highest BCUT2D eigenvalue weighted by molar-refractivity contribution is 7.20. The van der Waals surface area contributed by atoms with Crippen molar-refractivity contribution in [2.24, 2.45) is 0 Å². The van der Waals surface area contributed by atoms with E-state index in [0.29, 0.717) is 9.34 Å². The molecule has 1 N–H and O–H groups in total. The molecule has 3 nitrogen and oxygen atoms in total. The van der Waals surface area contributed by atoms with E-state index < -0.39 is 11.6 Å². The van der Waals surface area contributed by atoms with Gasteiger partial charge in [-0.3, -0.25) is 9.59 Å². The Bertz CT molecular complexity index is 669. The van der Waals surface area contributed by atoms with Gasteiger partial charge in [0.1, 0.15) is 10.8 Å². The summed E-state index contributed by atoms with van der Waals surface area (Å²) in [7, 11) is 0. The molecule has 1 heterocycles. The highest BCUT2D eigenvalue weighted by atomic mass is 35.5. The average Bonchev–Trinajstić information content (AvgIpc) is 2.79. The van der Waals surface area contributed by atoms with Crippen LogP contribution in [0.3, 0.4) is 0 Å². The Labute approximate surface area is 124 Å². The maximum absolute atomic E-state index is 13.7. The lowest BCUT2D eigenvalue weighted by Gasteiger charge is -2.05. The van der Waals surface area contributed by atoms with Gasteiger partial charge in [-0.2, -0.15) is 0 Å². The summed E-state index contributed by atoms with van der Waals surface area (Å²) in [5, 5.41) is 2.95. The maximum atomic E-state index is 13.7. The number of thiophene rings is 1. The molecule has 0 aliphatic rings. The molecular formula is C14H11ClFNO2S. The van der Waals surface area contributed by atoms with Gasteiger partial charge >= 0.3 is 0 Å². The summed E-state index contributed by atoms with van der Waals surface area (Å²) < 4.78 is 14.0. The zero-order valence-electron chi connectivity index (χ0n) is 10.6. The van der Waals surface area contributed by atoms with Crippen LogP contribution in [0, 0.1) is 5.82 Å². The molecule has 6 heteroatoms. The first kappa shape index (κ1) is 14.7. The Balaban J connectivity index is 2.40. The summed E-state index contributed by atoms with van der Waals surface area (Å²) >= 11 is 6.96. The summed E-state index contributed by atoms with van der Waals surface area (Å²) in [5.41, 5.74) is 0.154. The first-order valence-corrected chi connectivity index (χ1v) is 7.10. The second-order valence-electron chi connectivity index (χ2n) is 4.00. The topological polar surface area (TPSA) is 46.2 Å². The summed E-state index contributed by atoms with van der Waals surface area (Å²) in [5.74, 6) is -1.34. The molecule has 2 aromatic rings. The second kappa shape index (κ2) is 6.15. The fourth-order valence-electron chi connectivity index (χ4n) is 1.63. The maximum Gasteiger partial charge on any atom is 0.224 e. The van der Waals surface area contributed by atoms with Crippen LogP contribution in [0.5, 0.6) is 0 Å². The van der Waals surface area contributed by atoms with E-state index in [9.17, 15) is 14.0 Å². The largest absolute Gasteiger partial charge is 0.317 e. The van der Waals surface area contributed by atoms with E-state index in [1.165, 1.54) is 24.3 Å². The van der Waals surface area contributed by atoms with Gasteiger partial charge < -0.3 is 5.32 Å². The predicted octanol–water partition coefficient (Wildman–Crippen LogP) is 4.12. The third-order valence-electron chi connectivity index (χ3n) is 2.64. The summed E-state index contributed by atoms with van der Waals surface area (Å²) in [6.07, 6.45) is 0.281. The van der Waals surface area contributed by atoms with E-state index in [0.717, 1.165) is 11.3 Å². The first-order valence-electron chi connectivity index (χ1n) is 5.91. The van der Waals surface area contributed by atoms with Crippen LogP contribution in [0.4, 0.5) is 9.39 Å². The van der Waals surface area contributed by atoms with Crippen molar-refractivity contribution >= 4 is 39.6 Å². The third kappa shape index (κ3) is 3.05. The Kier molecular flexibility index (Phi) is 4.52. The van der Waals surface area contributed by atoms with E-state index in [-0.39, 0.29) is 23.5 Å². The molecule has 1 aromatic heterocycles. The number of carbonyl (C=O) groups excluding carboxylic acids is 2. The summed E-state index contributed by atoms with van der Waals surface area (Å²) in [6.45, 7) is 1.70. The standard InChI is InChI=1S/C14H11ClFNO2S/c1-2-12(18)17-14-9(7-11(15)20-14)13(19)8-5-3-4-6-10(8)16/h3-7H,2H2,1H3,(H,17,18). The van der Waals surface area contributed by atoms with Crippen LogP contribution in [0.1, 0.15) is 29.3 Å². The van der Waals surface area contributed by atoms with Crippen LogP contribution in [-0.2, 0) is 4.79 Å². The molecule has 0 bridgehead atoms. The third-order valence-corrected chi connectivity index (χ3v) is 3.82. The molecule has 20 heavy (non-hydrogen) atoms. The lowest BCUT2D eigenvalue weighted by Crippen LogP contribution is -2.12. The molecule has 104 valence electrons. The van der Waals surface area contributed by atoms with Crippen LogP contribution >= 0.6 is 22.9 Å². The number of carbonyl (C=O) groups is 2. The van der Waals surface area contributed by atoms with Gasteiger partial charge in [-0.25, -0.2) is 4.39 Å². The minimum absolute atomic E-state index is 0.0473. The lowest BCUT2D eigenvalue weighted by molar-refractivity contribution is -0.115. The molecule has 0 fully saturated rings. The van der Waals surface area contributed by atoms with Crippen molar-refractivity contribution < 1.29 is 14.0 Å². The van der Waals surface area contributed by atoms with Crippen molar-refractivity contribution in [3.8, 4) is 0 Å². The number of rotatable bonds is 4. The smallest absolute Gasteiger partial charge is 0.224 e. The highest BCUT2D eigenvalue weighted by Crippen LogP contribution is 2.33. The molecule has 0 spiro atoms. The molecule has 1 aromatic carbocycles. The Morgan fingerprint density at radius 1 is 1.30 bits per heavy atom. The van der Waals surface area contributed by atoms with Crippen LogP contribution in [0.25, 0.3) is 0 Å². The number of hydrogen-bond acceptors (Lipinski definition) is 3. The number of amides is 1. The number of hydrogen-bond donors (Lipinski definition) is 1. The van der Waals surface area contributed by atoms with E-state index in [2.05, 4.69) is 5.32 Å². The monoisotopic (exact) mass is 311 g/mol. The van der Waals surface area contributed by atoms with Crippen molar-refractivity contribution in [1.29, 1.82) is 0 Å². The second-order valence-corrected chi connectivity index (χ2v) is 5.69. The van der Waals surface area contributed by atoms with Crippen LogP contribution in [-0.4, -0.2) is 11.7 Å². The van der Waals surface area contributed by atoms with Gasteiger partial charge in [0.25, 0.3) is 0 Å². The zero-order chi connectivity index (χ0) is 14.7. The fourth-order valence-corrected chi connectivity index (χ4v) is 2.77. The van der Waals surface area contributed by atoms with Gasteiger partial charge in [0.15, 0.2) is 5.78 Å². The summed E-state index contributed by atoms with van der Waals surface area (Å²) in [4.78, 5) is 23.8.